The Bertz CT molecular complexity index is 1550. The number of piperidine rings is 1. The van der Waals surface area contributed by atoms with Crippen molar-refractivity contribution < 1.29 is 37.8 Å². The summed E-state index contributed by atoms with van der Waals surface area (Å²) in [5, 5.41) is 14.2. The van der Waals surface area contributed by atoms with Gasteiger partial charge in [0.05, 0.1) is 29.6 Å². The Balaban J connectivity index is 1.36. The first-order chi connectivity index (χ1) is 20.5. The average molecular weight is 618 g/mol. The molecule has 3 N–H and O–H groups in total. The lowest BCUT2D eigenvalue weighted by Crippen LogP contribution is -2.43. The van der Waals surface area contributed by atoms with Gasteiger partial charge in [-0.2, -0.15) is 4.39 Å². The molecule has 2 aromatic carbocycles. The van der Waals surface area contributed by atoms with Gasteiger partial charge in [-0.15, -0.1) is 0 Å². The maximum Gasteiger partial charge on any atom is 0.303 e. The Hall–Kier alpha value is -4.52. The van der Waals surface area contributed by atoms with Crippen LogP contribution in [0.25, 0.3) is 11.3 Å². The molecule has 1 saturated heterocycles. The largest absolute Gasteiger partial charge is 0.494 e. The molecule has 0 radical (unpaired) electrons. The summed E-state index contributed by atoms with van der Waals surface area (Å²) < 4.78 is 34.9. The fourth-order valence-electron chi connectivity index (χ4n) is 4.82. The zero-order valence-electron chi connectivity index (χ0n) is 23.5. The van der Waals surface area contributed by atoms with Gasteiger partial charge in [0.1, 0.15) is 0 Å². The second-order valence-electron chi connectivity index (χ2n) is 9.97. The SMILES string of the molecule is COc1ccc(-c2cnc(C(=O)Nc3ccc(C(=O)N4CCC(C(=O)NCCCC(=O)O)CC4)c(Cl)c3)n2C)c(F)c1F. The minimum atomic E-state index is -1.16. The molecule has 4 rings (SSSR count). The minimum absolute atomic E-state index is 0.0193. The van der Waals surface area contributed by atoms with Crippen molar-refractivity contribution >= 4 is 41.0 Å². The van der Waals surface area contributed by atoms with Gasteiger partial charge in [-0.3, -0.25) is 19.2 Å². The fraction of sp³-hybridized carbons (Fsp3) is 0.345. The number of carbonyl (C=O) groups excluding carboxylic acids is 3. The molecule has 0 aliphatic carbocycles. The number of halogens is 3. The van der Waals surface area contributed by atoms with Crippen LogP contribution in [0.15, 0.2) is 36.5 Å². The molecule has 14 heteroatoms. The van der Waals surface area contributed by atoms with Gasteiger partial charge in [-0.25, -0.2) is 9.37 Å². The zero-order chi connectivity index (χ0) is 31.3. The van der Waals surface area contributed by atoms with Crippen LogP contribution in [0.4, 0.5) is 14.5 Å². The number of carbonyl (C=O) groups is 4. The summed E-state index contributed by atoms with van der Waals surface area (Å²) in [5.41, 5.74) is 0.588. The molecule has 0 spiro atoms. The Kier molecular flexibility index (Phi) is 9.96. The van der Waals surface area contributed by atoms with Crippen molar-refractivity contribution in [2.24, 2.45) is 13.0 Å². The number of anilines is 1. The van der Waals surface area contributed by atoms with Crippen molar-refractivity contribution in [2.45, 2.75) is 25.7 Å². The first-order valence-electron chi connectivity index (χ1n) is 13.5. The van der Waals surface area contributed by atoms with E-state index < -0.39 is 23.5 Å². The Morgan fingerprint density at radius 2 is 1.84 bits per heavy atom. The number of hydrogen-bond donors (Lipinski definition) is 3. The van der Waals surface area contributed by atoms with Gasteiger partial charge in [-0.05, 0) is 49.6 Å². The van der Waals surface area contributed by atoms with Crippen molar-refractivity contribution in [2.75, 3.05) is 32.1 Å². The first-order valence-corrected chi connectivity index (χ1v) is 13.8. The van der Waals surface area contributed by atoms with E-state index in [9.17, 15) is 28.0 Å². The molecule has 11 nitrogen and oxygen atoms in total. The Morgan fingerprint density at radius 3 is 2.49 bits per heavy atom. The molecule has 1 fully saturated rings. The predicted molar refractivity (Wildman–Crippen MR) is 153 cm³/mol. The van der Waals surface area contributed by atoms with Crippen LogP contribution in [0.2, 0.25) is 5.02 Å². The number of imidazole rings is 1. The molecule has 228 valence electrons. The van der Waals surface area contributed by atoms with Crippen LogP contribution in [-0.2, 0) is 16.6 Å². The number of carboxylic acid groups (broad SMARTS) is 1. The molecule has 43 heavy (non-hydrogen) atoms. The summed E-state index contributed by atoms with van der Waals surface area (Å²) in [6.45, 7) is 0.980. The quantitative estimate of drug-likeness (QED) is 0.291. The van der Waals surface area contributed by atoms with Gasteiger partial charge in [0, 0.05) is 50.3 Å². The van der Waals surface area contributed by atoms with Crippen LogP contribution in [0.5, 0.6) is 5.75 Å². The van der Waals surface area contributed by atoms with Crippen LogP contribution in [0.3, 0.4) is 0 Å². The maximum absolute atomic E-state index is 14.6. The number of nitrogens with one attached hydrogen (secondary N) is 2. The lowest BCUT2D eigenvalue weighted by atomic mass is 9.95. The van der Waals surface area contributed by atoms with Crippen molar-refractivity contribution in [1.29, 1.82) is 0 Å². The highest BCUT2D eigenvalue weighted by Gasteiger charge is 2.29. The van der Waals surface area contributed by atoms with Crippen molar-refractivity contribution in [3.63, 3.8) is 0 Å². The summed E-state index contributed by atoms with van der Waals surface area (Å²) in [7, 11) is 2.71. The number of benzene rings is 2. The van der Waals surface area contributed by atoms with E-state index >= 15 is 0 Å². The molecular weight excluding hydrogens is 588 g/mol. The molecule has 1 aliphatic rings. The fourth-order valence-corrected chi connectivity index (χ4v) is 5.08. The number of methoxy groups -OCH3 is 1. The number of amides is 3. The molecule has 3 aromatic rings. The Morgan fingerprint density at radius 1 is 1.12 bits per heavy atom. The van der Waals surface area contributed by atoms with Gasteiger partial charge in [0.2, 0.25) is 11.7 Å². The standard InChI is InChI=1S/C29H30ClF2N5O6/c1-36-21(19-7-8-22(43-2)25(32)24(19)31)15-34-26(36)28(41)35-17-5-6-18(20(30)14-17)29(42)37-12-9-16(10-13-37)27(40)33-11-3-4-23(38)39/h5-8,14-16H,3-4,9-13H2,1-2H3,(H,33,40)(H,35,41)(H,38,39). The van der Waals surface area contributed by atoms with Crippen LogP contribution in [-0.4, -0.2) is 70.0 Å². The van der Waals surface area contributed by atoms with E-state index in [1.165, 1.54) is 55.3 Å². The number of likely N-dealkylation sites (tertiary alicyclic amines) is 1. The zero-order valence-corrected chi connectivity index (χ0v) is 24.2. The molecule has 1 aliphatic heterocycles. The van der Waals surface area contributed by atoms with E-state index in [4.69, 9.17) is 21.4 Å². The lowest BCUT2D eigenvalue weighted by Gasteiger charge is -2.31. The van der Waals surface area contributed by atoms with E-state index in [1.807, 2.05) is 0 Å². The van der Waals surface area contributed by atoms with Gasteiger partial charge in [0.15, 0.2) is 17.4 Å². The number of nitrogens with zero attached hydrogens (tertiary/aromatic N) is 3. The summed E-state index contributed by atoms with van der Waals surface area (Å²) in [5.74, 6) is -4.91. The van der Waals surface area contributed by atoms with E-state index in [0.29, 0.717) is 32.4 Å². The summed E-state index contributed by atoms with van der Waals surface area (Å²) >= 11 is 6.40. The summed E-state index contributed by atoms with van der Waals surface area (Å²) in [4.78, 5) is 54.7. The number of ether oxygens (including phenoxy) is 1. The molecule has 1 aromatic heterocycles. The third kappa shape index (κ3) is 7.11. The molecule has 0 bridgehead atoms. The number of aliphatic carboxylic acids is 1. The van der Waals surface area contributed by atoms with E-state index in [1.54, 1.807) is 4.90 Å². The van der Waals surface area contributed by atoms with Crippen LogP contribution >= 0.6 is 11.6 Å². The van der Waals surface area contributed by atoms with E-state index in [2.05, 4.69) is 15.6 Å². The average Bonchev–Trinajstić information content (AvgIpc) is 3.37. The van der Waals surface area contributed by atoms with E-state index in [0.717, 1.165) is 0 Å². The molecule has 3 amide bonds. The lowest BCUT2D eigenvalue weighted by molar-refractivity contribution is -0.137. The number of carboxylic acids is 1. The van der Waals surface area contributed by atoms with Crippen LogP contribution in [0.1, 0.15) is 46.7 Å². The third-order valence-corrected chi connectivity index (χ3v) is 7.52. The van der Waals surface area contributed by atoms with Crippen molar-refractivity contribution in [3.8, 4) is 17.0 Å². The minimum Gasteiger partial charge on any atom is -0.494 e. The van der Waals surface area contributed by atoms with Crippen LogP contribution in [0, 0.1) is 17.6 Å². The van der Waals surface area contributed by atoms with Gasteiger partial charge >= 0.3 is 5.97 Å². The summed E-state index contributed by atoms with van der Waals surface area (Å²) in [6, 6.07) is 7.02. The molecule has 0 atom stereocenters. The highest BCUT2D eigenvalue weighted by Crippen LogP contribution is 2.30. The molecule has 0 unspecified atom stereocenters. The second-order valence-corrected chi connectivity index (χ2v) is 10.4. The second kappa shape index (κ2) is 13.6. The van der Waals surface area contributed by atoms with E-state index in [-0.39, 0.29) is 69.8 Å². The Labute approximate surface area is 250 Å². The first kappa shape index (κ1) is 31.4. The monoisotopic (exact) mass is 617 g/mol. The number of hydrogen-bond acceptors (Lipinski definition) is 6. The molecule has 2 heterocycles. The van der Waals surface area contributed by atoms with Gasteiger partial charge in [0.25, 0.3) is 11.8 Å². The number of rotatable bonds is 10. The van der Waals surface area contributed by atoms with Crippen molar-refractivity contribution in [1.82, 2.24) is 19.8 Å². The molecule has 0 saturated carbocycles. The summed E-state index contributed by atoms with van der Waals surface area (Å²) in [6.07, 6.45) is 2.50. The molecular formula is C29H30ClF2N5O6. The van der Waals surface area contributed by atoms with Crippen molar-refractivity contribution in [3.05, 3.63) is 64.6 Å². The smallest absolute Gasteiger partial charge is 0.303 e. The third-order valence-electron chi connectivity index (χ3n) is 7.21. The van der Waals surface area contributed by atoms with Gasteiger partial charge in [-0.1, -0.05) is 11.6 Å². The number of aromatic nitrogens is 2. The predicted octanol–water partition coefficient (Wildman–Crippen LogP) is 4.11. The van der Waals surface area contributed by atoms with Gasteiger partial charge < -0.3 is 29.9 Å². The van der Waals surface area contributed by atoms with Crippen LogP contribution < -0.4 is 15.4 Å². The topological polar surface area (TPSA) is 143 Å². The normalized spacial score (nSPS) is 13.5. The highest BCUT2D eigenvalue weighted by molar-refractivity contribution is 6.34. The maximum atomic E-state index is 14.6. The highest BCUT2D eigenvalue weighted by atomic mass is 35.5.